The minimum Gasteiger partial charge on any atom is -0.368 e. The number of hydrogen-bond donors (Lipinski definition) is 1. The van der Waals surface area contributed by atoms with E-state index in [2.05, 4.69) is 32.4 Å². The number of nitrogens with zero attached hydrogens (tertiary/aromatic N) is 4. The number of amides is 1. The fraction of sp³-hybridized carbons (Fsp3) is 0.357. The Kier molecular flexibility index (Phi) is 3.37. The number of rotatable bonds is 2. The van der Waals surface area contributed by atoms with Crippen molar-refractivity contribution < 1.29 is 4.79 Å². The average molecular weight is 271 g/mol. The fourth-order valence-corrected chi connectivity index (χ4v) is 2.44. The molecule has 6 nitrogen and oxygen atoms in total. The minimum atomic E-state index is -0.0380. The van der Waals surface area contributed by atoms with Crippen molar-refractivity contribution >= 4 is 11.6 Å². The van der Waals surface area contributed by atoms with Crippen LogP contribution in [0, 0.1) is 6.92 Å². The lowest BCUT2D eigenvalue weighted by Gasteiger charge is -2.35. The second-order valence-electron chi connectivity index (χ2n) is 4.87. The lowest BCUT2D eigenvalue weighted by Crippen LogP contribution is -2.49. The number of aromatic nitrogens is 3. The zero-order valence-corrected chi connectivity index (χ0v) is 11.4. The highest BCUT2D eigenvalue weighted by Gasteiger charge is 2.25. The number of H-pyrrole nitrogens is 1. The number of hydrogen-bond acceptors (Lipinski definition) is 4. The highest BCUT2D eigenvalue weighted by Crippen LogP contribution is 2.16. The maximum absolute atomic E-state index is 12.3. The second-order valence-corrected chi connectivity index (χ2v) is 4.87. The molecule has 0 atom stereocenters. The molecule has 20 heavy (non-hydrogen) atoms. The lowest BCUT2D eigenvalue weighted by molar-refractivity contribution is 0.0740. The molecule has 104 valence electrons. The summed E-state index contributed by atoms with van der Waals surface area (Å²) in [6.45, 7) is 4.89. The van der Waals surface area contributed by atoms with E-state index in [0.29, 0.717) is 24.5 Å². The standard InChI is InChI=1S/C14H17N5O/c1-11-13(16-17-15-11)14(20)19-9-7-18(8-10-19)12-5-3-2-4-6-12/h2-6H,7-10H2,1H3,(H,15,16,17). The van der Waals surface area contributed by atoms with E-state index in [0.717, 1.165) is 13.1 Å². The van der Waals surface area contributed by atoms with Gasteiger partial charge in [0.2, 0.25) is 0 Å². The van der Waals surface area contributed by atoms with Crippen molar-refractivity contribution in [1.29, 1.82) is 0 Å². The van der Waals surface area contributed by atoms with Crippen LogP contribution < -0.4 is 4.90 Å². The first-order valence-electron chi connectivity index (χ1n) is 6.72. The molecule has 1 amide bonds. The number of aryl methyl sites for hydroxylation is 1. The Morgan fingerprint density at radius 2 is 1.80 bits per heavy atom. The van der Waals surface area contributed by atoms with Crippen LogP contribution in [-0.2, 0) is 0 Å². The van der Waals surface area contributed by atoms with Crippen LogP contribution in [0.1, 0.15) is 16.2 Å². The largest absolute Gasteiger partial charge is 0.368 e. The first-order chi connectivity index (χ1) is 9.75. The molecule has 0 radical (unpaired) electrons. The Bertz CT molecular complexity index is 587. The maximum atomic E-state index is 12.3. The van der Waals surface area contributed by atoms with E-state index in [-0.39, 0.29) is 5.91 Å². The van der Waals surface area contributed by atoms with Crippen molar-refractivity contribution in [3.05, 3.63) is 41.7 Å². The molecule has 1 aliphatic heterocycles. The van der Waals surface area contributed by atoms with Crippen molar-refractivity contribution in [3.63, 3.8) is 0 Å². The first-order valence-corrected chi connectivity index (χ1v) is 6.72. The van der Waals surface area contributed by atoms with Gasteiger partial charge in [0.15, 0.2) is 5.69 Å². The molecule has 2 heterocycles. The molecular formula is C14H17N5O. The van der Waals surface area contributed by atoms with Gasteiger partial charge in [-0.2, -0.15) is 15.4 Å². The summed E-state index contributed by atoms with van der Waals surface area (Å²) in [5, 5.41) is 10.3. The van der Waals surface area contributed by atoms with Gasteiger partial charge in [0, 0.05) is 31.9 Å². The highest BCUT2D eigenvalue weighted by molar-refractivity contribution is 5.93. The van der Waals surface area contributed by atoms with E-state index in [1.54, 1.807) is 6.92 Å². The molecule has 1 fully saturated rings. The van der Waals surface area contributed by atoms with E-state index in [4.69, 9.17) is 0 Å². The van der Waals surface area contributed by atoms with Crippen LogP contribution in [-0.4, -0.2) is 52.4 Å². The second kappa shape index (κ2) is 5.32. The number of piperazine rings is 1. The van der Waals surface area contributed by atoms with Crippen molar-refractivity contribution in [3.8, 4) is 0 Å². The first kappa shape index (κ1) is 12.7. The van der Waals surface area contributed by atoms with Crippen molar-refractivity contribution in [1.82, 2.24) is 20.3 Å². The van der Waals surface area contributed by atoms with Crippen LogP contribution in [0.15, 0.2) is 30.3 Å². The molecule has 0 unspecified atom stereocenters. The van der Waals surface area contributed by atoms with Crippen LogP contribution in [0.2, 0.25) is 0 Å². The molecule has 1 N–H and O–H groups in total. The monoisotopic (exact) mass is 271 g/mol. The zero-order valence-electron chi connectivity index (χ0n) is 11.4. The third-order valence-electron chi connectivity index (χ3n) is 3.61. The summed E-state index contributed by atoms with van der Waals surface area (Å²) >= 11 is 0. The number of anilines is 1. The SMILES string of the molecule is Cc1n[nH]nc1C(=O)N1CCN(c2ccccc2)CC1. The van der Waals surface area contributed by atoms with Crippen LogP contribution in [0.4, 0.5) is 5.69 Å². The molecule has 0 saturated carbocycles. The number of nitrogens with one attached hydrogen (secondary N) is 1. The highest BCUT2D eigenvalue weighted by atomic mass is 16.2. The van der Waals surface area contributed by atoms with Gasteiger partial charge in [-0.3, -0.25) is 4.79 Å². The van der Waals surface area contributed by atoms with E-state index in [1.807, 2.05) is 23.1 Å². The van der Waals surface area contributed by atoms with Crippen molar-refractivity contribution in [2.45, 2.75) is 6.92 Å². The molecule has 1 aromatic heterocycles. The van der Waals surface area contributed by atoms with Gasteiger partial charge < -0.3 is 9.80 Å². The van der Waals surface area contributed by atoms with Crippen LogP contribution in [0.25, 0.3) is 0 Å². The summed E-state index contributed by atoms with van der Waals surface area (Å²) in [5.74, 6) is -0.0380. The maximum Gasteiger partial charge on any atom is 0.276 e. The topological polar surface area (TPSA) is 65.1 Å². The van der Waals surface area contributed by atoms with Crippen LogP contribution in [0.3, 0.4) is 0 Å². The molecule has 0 spiro atoms. The molecule has 1 aliphatic rings. The molecule has 3 rings (SSSR count). The third kappa shape index (κ3) is 2.36. The molecule has 0 bridgehead atoms. The summed E-state index contributed by atoms with van der Waals surface area (Å²) in [7, 11) is 0. The van der Waals surface area contributed by atoms with Gasteiger partial charge in [-0.25, -0.2) is 0 Å². The quantitative estimate of drug-likeness (QED) is 0.887. The number of benzene rings is 1. The van der Waals surface area contributed by atoms with Gasteiger partial charge in [-0.1, -0.05) is 18.2 Å². The summed E-state index contributed by atoms with van der Waals surface area (Å²) in [4.78, 5) is 16.4. The van der Waals surface area contributed by atoms with E-state index in [9.17, 15) is 4.79 Å². The number of carbonyl (C=O) groups is 1. The number of carbonyl (C=O) groups excluding carboxylic acids is 1. The number of aromatic amines is 1. The smallest absolute Gasteiger partial charge is 0.276 e. The Hall–Kier alpha value is -2.37. The lowest BCUT2D eigenvalue weighted by atomic mass is 10.2. The van der Waals surface area contributed by atoms with Gasteiger partial charge in [-0.05, 0) is 19.1 Å². The van der Waals surface area contributed by atoms with E-state index < -0.39 is 0 Å². The van der Waals surface area contributed by atoms with Crippen molar-refractivity contribution in [2.24, 2.45) is 0 Å². The average Bonchev–Trinajstić information content (AvgIpc) is 2.94. The molecule has 1 aromatic carbocycles. The van der Waals surface area contributed by atoms with E-state index in [1.165, 1.54) is 5.69 Å². The predicted octanol–water partition coefficient (Wildman–Crippen LogP) is 1.08. The van der Waals surface area contributed by atoms with Crippen LogP contribution in [0.5, 0.6) is 0 Å². The van der Waals surface area contributed by atoms with Gasteiger partial charge in [0.05, 0.1) is 5.69 Å². The summed E-state index contributed by atoms with van der Waals surface area (Å²) < 4.78 is 0. The summed E-state index contributed by atoms with van der Waals surface area (Å²) in [6.07, 6.45) is 0. The molecule has 1 saturated heterocycles. The summed E-state index contributed by atoms with van der Waals surface area (Å²) in [5.41, 5.74) is 2.29. The van der Waals surface area contributed by atoms with Crippen LogP contribution >= 0.6 is 0 Å². The van der Waals surface area contributed by atoms with Gasteiger partial charge in [0.25, 0.3) is 5.91 Å². The third-order valence-corrected chi connectivity index (χ3v) is 3.61. The molecule has 6 heteroatoms. The Labute approximate surface area is 117 Å². The molecular weight excluding hydrogens is 254 g/mol. The Balaban J connectivity index is 1.64. The minimum absolute atomic E-state index is 0.0380. The van der Waals surface area contributed by atoms with Gasteiger partial charge in [0.1, 0.15) is 0 Å². The summed E-state index contributed by atoms with van der Waals surface area (Å²) in [6, 6.07) is 10.3. The number of para-hydroxylation sites is 1. The zero-order chi connectivity index (χ0) is 13.9. The van der Waals surface area contributed by atoms with Gasteiger partial charge in [-0.15, -0.1) is 0 Å². The fourth-order valence-electron chi connectivity index (χ4n) is 2.44. The normalized spacial score (nSPS) is 15.4. The predicted molar refractivity (Wildman–Crippen MR) is 75.7 cm³/mol. The molecule has 2 aromatic rings. The molecule has 0 aliphatic carbocycles. The van der Waals surface area contributed by atoms with Gasteiger partial charge >= 0.3 is 0 Å². The van der Waals surface area contributed by atoms with E-state index >= 15 is 0 Å². The van der Waals surface area contributed by atoms with Crippen molar-refractivity contribution in [2.75, 3.05) is 31.1 Å². The Morgan fingerprint density at radius 1 is 1.10 bits per heavy atom. The Morgan fingerprint density at radius 3 is 2.40 bits per heavy atom.